The zero-order valence-corrected chi connectivity index (χ0v) is 22.4. The summed E-state index contributed by atoms with van der Waals surface area (Å²) in [7, 11) is 1.31. The molecule has 0 aliphatic rings. The number of hydrogen-bond acceptors (Lipinski definition) is 6. The predicted octanol–water partition coefficient (Wildman–Crippen LogP) is 5.02. The van der Waals surface area contributed by atoms with Crippen LogP contribution in [0, 0.1) is 11.6 Å². The number of alkyl halides is 1. The van der Waals surface area contributed by atoms with E-state index in [1.54, 1.807) is 36.4 Å². The van der Waals surface area contributed by atoms with Gasteiger partial charge in [-0.2, -0.15) is 0 Å². The number of halogens is 3. The second-order valence-electron chi connectivity index (χ2n) is 8.46. The molecule has 0 saturated heterocycles. The number of urea groups is 1. The molecule has 2 aromatic carbocycles. The van der Waals surface area contributed by atoms with Gasteiger partial charge in [0.2, 0.25) is 0 Å². The Kier molecular flexibility index (Phi) is 7.74. The first-order valence-corrected chi connectivity index (χ1v) is 13.1. The average Bonchev–Trinajstić information content (AvgIpc) is 3.33. The third-order valence-electron chi connectivity index (χ3n) is 6.06. The molecule has 5 rings (SSSR count). The maximum absolute atomic E-state index is 14.7. The molecule has 0 bridgehead atoms. The van der Waals surface area contributed by atoms with Crippen molar-refractivity contribution in [1.82, 2.24) is 19.6 Å². The largest absolute Gasteiger partial charge is 0.343 e. The summed E-state index contributed by atoms with van der Waals surface area (Å²) in [5.74, 6) is -1.69. The quantitative estimate of drug-likeness (QED) is 0.207. The van der Waals surface area contributed by atoms with Gasteiger partial charge in [-0.3, -0.25) is 14.2 Å². The molecule has 204 valence electrons. The van der Waals surface area contributed by atoms with E-state index in [-0.39, 0.29) is 27.5 Å². The van der Waals surface area contributed by atoms with Gasteiger partial charge >= 0.3 is 11.7 Å². The lowest BCUT2D eigenvalue weighted by molar-refractivity contribution is 0.114. The zero-order chi connectivity index (χ0) is 28.4. The summed E-state index contributed by atoms with van der Waals surface area (Å²) >= 11 is 7.47. The van der Waals surface area contributed by atoms with Gasteiger partial charge in [0.05, 0.1) is 19.0 Å². The molecule has 0 saturated carbocycles. The van der Waals surface area contributed by atoms with Crippen molar-refractivity contribution in [3.63, 3.8) is 0 Å². The summed E-state index contributed by atoms with van der Waals surface area (Å²) in [6.07, 6.45) is 1.43. The Morgan fingerprint density at radius 2 is 1.75 bits per heavy atom. The van der Waals surface area contributed by atoms with E-state index in [4.69, 9.17) is 11.6 Å². The molecular weight excluding hydrogens is 564 g/mol. The average molecular weight is 584 g/mol. The maximum Gasteiger partial charge on any atom is 0.343 e. The summed E-state index contributed by atoms with van der Waals surface area (Å²) in [5, 5.41) is 2.73. The molecule has 13 heteroatoms. The van der Waals surface area contributed by atoms with Gasteiger partial charge in [0.25, 0.3) is 5.56 Å². The zero-order valence-electron chi connectivity index (χ0n) is 20.8. The summed E-state index contributed by atoms with van der Waals surface area (Å²) < 4.78 is 31.4. The van der Waals surface area contributed by atoms with Crippen LogP contribution < -0.4 is 22.0 Å². The Hall–Kier alpha value is -4.39. The first-order chi connectivity index (χ1) is 19.3. The number of rotatable bonds is 7. The minimum absolute atomic E-state index is 0.0557. The Morgan fingerprint density at radius 3 is 2.38 bits per heavy atom. The molecule has 9 nitrogen and oxygen atoms in total. The van der Waals surface area contributed by atoms with Crippen LogP contribution >= 0.6 is 22.9 Å². The third-order valence-corrected chi connectivity index (χ3v) is 7.63. The Balaban J connectivity index is 1.75. The highest BCUT2D eigenvalue weighted by molar-refractivity contribution is 7.22. The minimum atomic E-state index is -0.828. The first-order valence-electron chi connectivity index (χ1n) is 11.8. The van der Waals surface area contributed by atoms with Crippen molar-refractivity contribution in [3.8, 4) is 16.3 Å². The van der Waals surface area contributed by atoms with Gasteiger partial charge in [0, 0.05) is 33.8 Å². The van der Waals surface area contributed by atoms with Crippen LogP contribution in [0.2, 0.25) is 0 Å². The number of carbonyl (C=O) groups excluding carboxylic acids is 1. The summed E-state index contributed by atoms with van der Waals surface area (Å²) in [6, 6.07) is 14.3. The van der Waals surface area contributed by atoms with Gasteiger partial charge in [-0.15, -0.1) is 22.9 Å². The van der Waals surface area contributed by atoms with Crippen molar-refractivity contribution in [2.75, 3.05) is 12.4 Å². The van der Waals surface area contributed by atoms with E-state index in [0.717, 1.165) is 32.6 Å². The summed E-state index contributed by atoms with van der Waals surface area (Å²) in [5.41, 5.74) is 1.91. The van der Waals surface area contributed by atoms with E-state index in [1.165, 1.54) is 25.4 Å². The van der Waals surface area contributed by atoms with Crippen LogP contribution in [0.5, 0.6) is 0 Å². The molecule has 0 spiro atoms. The molecule has 0 aliphatic heterocycles. The SMILES string of the molecule is CONC(=O)Nc1ccc(-c2sc3c(c2CCl)c(=O)n(-c2ccccn2)c(=O)n3Cc2c(F)cccc2F)cc1. The van der Waals surface area contributed by atoms with Crippen LogP contribution in [0.3, 0.4) is 0 Å². The number of amides is 2. The number of nitrogens with one attached hydrogen (secondary N) is 2. The van der Waals surface area contributed by atoms with Crippen molar-refractivity contribution in [2.45, 2.75) is 12.4 Å². The number of anilines is 1. The van der Waals surface area contributed by atoms with Crippen molar-refractivity contribution in [1.29, 1.82) is 0 Å². The van der Waals surface area contributed by atoms with E-state index in [0.29, 0.717) is 21.7 Å². The molecule has 3 heterocycles. The Labute approximate surface area is 234 Å². The lowest BCUT2D eigenvalue weighted by Crippen LogP contribution is -2.39. The van der Waals surface area contributed by atoms with Gasteiger partial charge in [-0.05, 0) is 42.0 Å². The Morgan fingerprint density at radius 1 is 1.02 bits per heavy atom. The molecule has 40 heavy (non-hydrogen) atoms. The second kappa shape index (κ2) is 11.4. The normalized spacial score (nSPS) is 11.1. The summed E-state index contributed by atoms with van der Waals surface area (Å²) in [4.78, 5) is 48.8. The van der Waals surface area contributed by atoms with Crippen LogP contribution in [0.1, 0.15) is 11.1 Å². The monoisotopic (exact) mass is 583 g/mol. The minimum Gasteiger partial charge on any atom is -0.306 e. The predicted molar refractivity (Wildman–Crippen MR) is 149 cm³/mol. The molecule has 0 fully saturated rings. The molecule has 0 unspecified atom stereocenters. The van der Waals surface area contributed by atoms with E-state index in [9.17, 15) is 23.2 Å². The molecular formula is C27H20ClF2N5O4S. The highest BCUT2D eigenvalue weighted by Crippen LogP contribution is 2.38. The van der Waals surface area contributed by atoms with Crippen molar-refractivity contribution < 1.29 is 18.4 Å². The number of fused-ring (bicyclic) bond motifs is 1. The number of carbonyl (C=O) groups is 1. The number of benzene rings is 2. The van der Waals surface area contributed by atoms with E-state index >= 15 is 0 Å². The van der Waals surface area contributed by atoms with Gasteiger partial charge in [0.1, 0.15) is 22.3 Å². The highest BCUT2D eigenvalue weighted by Gasteiger charge is 2.25. The number of aromatic nitrogens is 3. The van der Waals surface area contributed by atoms with Gasteiger partial charge in [-0.25, -0.2) is 33.4 Å². The number of hydroxylamine groups is 1. The molecule has 0 atom stereocenters. The van der Waals surface area contributed by atoms with Gasteiger partial charge in [0.15, 0.2) is 0 Å². The third kappa shape index (κ3) is 4.99. The summed E-state index contributed by atoms with van der Waals surface area (Å²) in [6.45, 7) is -0.472. The van der Waals surface area contributed by atoms with Crippen molar-refractivity contribution in [2.24, 2.45) is 0 Å². The van der Waals surface area contributed by atoms with E-state index < -0.39 is 35.5 Å². The fraction of sp³-hybridized carbons (Fsp3) is 0.111. The molecule has 0 radical (unpaired) electrons. The topological polar surface area (TPSA) is 107 Å². The number of hydrogen-bond donors (Lipinski definition) is 2. The van der Waals surface area contributed by atoms with Crippen molar-refractivity contribution in [3.05, 3.63) is 110 Å². The smallest absolute Gasteiger partial charge is 0.306 e. The number of pyridine rings is 1. The van der Waals surface area contributed by atoms with Crippen LogP contribution in [0.25, 0.3) is 26.5 Å². The molecule has 0 aliphatic carbocycles. The highest BCUT2D eigenvalue weighted by atomic mass is 35.5. The van der Waals surface area contributed by atoms with Crippen LogP contribution in [0.15, 0.2) is 76.4 Å². The van der Waals surface area contributed by atoms with Gasteiger partial charge < -0.3 is 5.32 Å². The molecule has 2 amide bonds. The molecule has 3 aromatic heterocycles. The fourth-order valence-corrected chi connectivity index (χ4v) is 5.91. The van der Waals surface area contributed by atoms with E-state index in [1.807, 2.05) is 0 Å². The Bertz CT molecular complexity index is 1820. The lowest BCUT2D eigenvalue weighted by atomic mass is 10.1. The lowest BCUT2D eigenvalue weighted by Gasteiger charge is -2.13. The van der Waals surface area contributed by atoms with Crippen molar-refractivity contribution >= 4 is 44.9 Å². The number of nitrogens with zero attached hydrogens (tertiary/aromatic N) is 3. The van der Waals surface area contributed by atoms with Crippen LogP contribution in [-0.4, -0.2) is 27.3 Å². The second-order valence-corrected chi connectivity index (χ2v) is 9.72. The maximum atomic E-state index is 14.7. The number of thiophene rings is 1. The van der Waals surface area contributed by atoms with E-state index in [2.05, 4.69) is 20.6 Å². The van der Waals surface area contributed by atoms with Crippen LogP contribution in [0.4, 0.5) is 19.3 Å². The van der Waals surface area contributed by atoms with Crippen LogP contribution in [-0.2, 0) is 17.3 Å². The first kappa shape index (κ1) is 27.2. The molecule has 2 N–H and O–H groups in total. The molecule has 5 aromatic rings. The fourth-order valence-electron chi connectivity index (χ4n) is 4.25. The standard InChI is InChI=1S/C27H20ClF2N5O4S/c1-39-33-26(37)32-16-10-8-15(9-11-16)23-17(13-28)22-24(36)35(21-7-2-3-12-31-21)27(38)34(25(22)40-23)14-18-19(29)5-4-6-20(18)30/h2-12H,13-14H2,1H3,(H2,32,33,37). The van der Waals surface area contributed by atoms with Gasteiger partial charge in [-0.1, -0.05) is 24.3 Å².